The van der Waals surface area contributed by atoms with Crippen LogP contribution in [-0.4, -0.2) is 48.6 Å². The Morgan fingerprint density at radius 2 is 1.58 bits per heavy atom. The SMILES string of the molecule is CC1=NN(c2ccccc2)C(=O)[C@H]1/C=C(/C#N)C(=O)N1CCN(c2ccccc2)CC1. The van der Waals surface area contributed by atoms with Crippen molar-refractivity contribution in [3.63, 3.8) is 0 Å². The molecule has 0 aromatic heterocycles. The Morgan fingerprint density at radius 3 is 2.16 bits per heavy atom. The lowest BCUT2D eigenvalue weighted by atomic mass is 10.0. The number of nitrogens with zero attached hydrogens (tertiary/aromatic N) is 5. The number of piperazine rings is 1. The molecule has 0 N–H and O–H groups in total. The Bertz CT molecular complexity index is 1060. The molecule has 0 bridgehead atoms. The van der Waals surface area contributed by atoms with Crippen molar-refractivity contribution in [2.24, 2.45) is 11.0 Å². The largest absolute Gasteiger partial charge is 0.368 e. The number of hydrogen-bond donors (Lipinski definition) is 0. The standard InChI is InChI=1S/C24H23N5O2/c1-18-22(24(31)29(26-18)21-10-6-3-7-11-21)16-19(17-25)23(30)28-14-12-27(13-15-28)20-8-4-2-5-9-20/h2-11,16,22H,12-15H2,1H3/b19-16-/t22-/m0/s1. The molecule has 1 atom stereocenters. The van der Waals surface area contributed by atoms with E-state index in [9.17, 15) is 14.9 Å². The van der Waals surface area contributed by atoms with Crippen LogP contribution in [-0.2, 0) is 9.59 Å². The summed E-state index contributed by atoms with van der Waals surface area (Å²) in [7, 11) is 0. The summed E-state index contributed by atoms with van der Waals surface area (Å²) in [6.07, 6.45) is 1.45. The van der Waals surface area contributed by atoms with Gasteiger partial charge in [-0.3, -0.25) is 9.59 Å². The van der Waals surface area contributed by atoms with Crippen LogP contribution in [0.3, 0.4) is 0 Å². The molecule has 0 aliphatic carbocycles. The van der Waals surface area contributed by atoms with Crippen molar-refractivity contribution in [2.45, 2.75) is 6.92 Å². The van der Waals surface area contributed by atoms with Crippen LogP contribution in [0.5, 0.6) is 0 Å². The molecule has 0 saturated carbocycles. The first kappa shape index (κ1) is 20.4. The molecule has 0 unspecified atom stereocenters. The maximum absolute atomic E-state index is 13.0. The number of carbonyl (C=O) groups excluding carboxylic acids is 2. The van der Waals surface area contributed by atoms with Crippen molar-refractivity contribution in [2.75, 3.05) is 36.1 Å². The predicted octanol–water partition coefficient (Wildman–Crippen LogP) is 2.82. The second-order valence-electron chi connectivity index (χ2n) is 7.51. The molecular formula is C24H23N5O2. The minimum Gasteiger partial charge on any atom is -0.368 e. The Balaban J connectivity index is 1.45. The minimum absolute atomic E-state index is 0.0176. The highest BCUT2D eigenvalue weighted by Crippen LogP contribution is 2.25. The van der Waals surface area contributed by atoms with Crippen molar-refractivity contribution in [3.8, 4) is 6.07 Å². The van der Waals surface area contributed by atoms with Crippen LogP contribution in [0.25, 0.3) is 0 Å². The molecule has 1 saturated heterocycles. The van der Waals surface area contributed by atoms with Gasteiger partial charge in [0, 0.05) is 31.9 Å². The van der Waals surface area contributed by atoms with Crippen LogP contribution in [0.2, 0.25) is 0 Å². The first-order chi connectivity index (χ1) is 15.1. The number of nitriles is 1. The zero-order valence-electron chi connectivity index (χ0n) is 17.3. The number of hydrogen-bond acceptors (Lipinski definition) is 5. The molecule has 31 heavy (non-hydrogen) atoms. The fourth-order valence-corrected chi connectivity index (χ4v) is 3.83. The summed E-state index contributed by atoms with van der Waals surface area (Å²) in [4.78, 5) is 29.8. The fourth-order valence-electron chi connectivity index (χ4n) is 3.83. The lowest BCUT2D eigenvalue weighted by molar-refractivity contribution is -0.127. The van der Waals surface area contributed by atoms with Crippen LogP contribution in [0.1, 0.15) is 6.92 Å². The molecule has 7 heteroatoms. The zero-order valence-corrected chi connectivity index (χ0v) is 17.3. The Kier molecular flexibility index (Phi) is 5.80. The number of para-hydroxylation sites is 2. The van der Waals surface area contributed by atoms with E-state index < -0.39 is 5.92 Å². The smallest absolute Gasteiger partial charge is 0.264 e. The van der Waals surface area contributed by atoms with E-state index in [2.05, 4.69) is 10.0 Å². The van der Waals surface area contributed by atoms with Crippen LogP contribution in [0.4, 0.5) is 11.4 Å². The molecule has 4 rings (SSSR count). The number of benzene rings is 2. The third kappa shape index (κ3) is 4.19. The van der Waals surface area contributed by atoms with Gasteiger partial charge in [0.25, 0.3) is 11.8 Å². The molecule has 2 amide bonds. The van der Waals surface area contributed by atoms with E-state index in [-0.39, 0.29) is 17.4 Å². The minimum atomic E-state index is -0.718. The van der Waals surface area contributed by atoms with E-state index in [1.54, 1.807) is 24.0 Å². The molecule has 2 aromatic rings. The summed E-state index contributed by atoms with van der Waals surface area (Å²) in [5.41, 5.74) is 2.32. The number of carbonyl (C=O) groups is 2. The van der Waals surface area contributed by atoms with Gasteiger partial charge < -0.3 is 9.80 Å². The zero-order chi connectivity index (χ0) is 21.8. The van der Waals surface area contributed by atoms with E-state index >= 15 is 0 Å². The van der Waals surface area contributed by atoms with Gasteiger partial charge in [0.2, 0.25) is 0 Å². The highest BCUT2D eigenvalue weighted by Gasteiger charge is 2.34. The topological polar surface area (TPSA) is 80.0 Å². The van der Waals surface area contributed by atoms with Crippen molar-refractivity contribution < 1.29 is 9.59 Å². The molecular weight excluding hydrogens is 390 g/mol. The van der Waals surface area contributed by atoms with Gasteiger partial charge in [-0.1, -0.05) is 36.4 Å². The maximum atomic E-state index is 13.0. The Labute approximate surface area is 181 Å². The van der Waals surface area contributed by atoms with Crippen molar-refractivity contribution >= 4 is 28.9 Å². The van der Waals surface area contributed by atoms with Gasteiger partial charge in [-0.2, -0.15) is 15.4 Å². The third-order valence-electron chi connectivity index (χ3n) is 5.56. The highest BCUT2D eigenvalue weighted by molar-refractivity contribution is 6.17. The predicted molar refractivity (Wildman–Crippen MR) is 119 cm³/mol. The van der Waals surface area contributed by atoms with E-state index in [1.165, 1.54) is 11.1 Å². The van der Waals surface area contributed by atoms with E-state index in [1.807, 2.05) is 54.6 Å². The number of hydrazone groups is 1. The summed E-state index contributed by atoms with van der Waals surface area (Å²) < 4.78 is 0. The van der Waals surface area contributed by atoms with Gasteiger partial charge >= 0.3 is 0 Å². The maximum Gasteiger partial charge on any atom is 0.264 e. The number of amides is 2. The number of rotatable bonds is 4. The molecule has 2 aliphatic rings. The van der Waals surface area contributed by atoms with Crippen molar-refractivity contribution in [1.82, 2.24) is 4.90 Å². The molecule has 0 spiro atoms. The monoisotopic (exact) mass is 413 g/mol. The quantitative estimate of drug-likeness (QED) is 0.570. The molecule has 7 nitrogen and oxygen atoms in total. The second-order valence-corrected chi connectivity index (χ2v) is 7.51. The van der Waals surface area contributed by atoms with Gasteiger partial charge in [-0.05, 0) is 37.3 Å². The average molecular weight is 413 g/mol. The van der Waals surface area contributed by atoms with Crippen LogP contribution in [0, 0.1) is 17.2 Å². The first-order valence-electron chi connectivity index (χ1n) is 10.2. The Hall–Kier alpha value is -3.92. The van der Waals surface area contributed by atoms with Gasteiger partial charge in [0.1, 0.15) is 11.6 Å². The van der Waals surface area contributed by atoms with Crippen molar-refractivity contribution in [1.29, 1.82) is 5.26 Å². The van der Waals surface area contributed by atoms with Gasteiger partial charge in [-0.25, -0.2) is 0 Å². The van der Waals surface area contributed by atoms with Gasteiger partial charge in [0.05, 0.1) is 17.3 Å². The normalized spacial score (nSPS) is 19.3. The van der Waals surface area contributed by atoms with Crippen LogP contribution >= 0.6 is 0 Å². The summed E-state index contributed by atoms with van der Waals surface area (Å²) in [5, 5.41) is 15.3. The van der Waals surface area contributed by atoms with E-state index in [0.717, 1.165) is 5.69 Å². The van der Waals surface area contributed by atoms with Crippen LogP contribution in [0.15, 0.2) is 77.4 Å². The average Bonchev–Trinajstić information content (AvgIpc) is 3.11. The lowest BCUT2D eigenvalue weighted by Gasteiger charge is -2.36. The first-order valence-corrected chi connectivity index (χ1v) is 10.2. The molecule has 1 fully saturated rings. The van der Waals surface area contributed by atoms with Crippen LogP contribution < -0.4 is 9.91 Å². The summed E-state index contributed by atoms with van der Waals surface area (Å²) >= 11 is 0. The van der Waals surface area contributed by atoms with Crippen molar-refractivity contribution in [3.05, 3.63) is 72.3 Å². The van der Waals surface area contributed by atoms with E-state index in [0.29, 0.717) is 37.6 Å². The molecule has 2 aliphatic heterocycles. The second kappa shape index (κ2) is 8.84. The molecule has 2 aromatic carbocycles. The Morgan fingerprint density at radius 1 is 1.00 bits per heavy atom. The molecule has 2 heterocycles. The summed E-state index contributed by atoms with van der Waals surface area (Å²) in [6.45, 7) is 4.17. The summed E-state index contributed by atoms with van der Waals surface area (Å²) in [6, 6.07) is 21.2. The third-order valence-corrected chi connectivity index (χ3v) is 5.56. The highest BCUT2D eigenvalue weighted by atomic mass is 16.2. The lowest BCUT2D eigenvalue weighted by Crippen LogP contribution is -2.49. The van der Waals surface area contributed by atoms with E-state index in [4.69, 9.17) is 0 Å². The molecule has 0 radical (unpaired) electrons. The van der Waals surface area contributed by atoms with Gasteiger partial charge in [0.15, 0.2) is 0 Å². The van der Waals surface area contributed by atoms with Gasteiger partial charge in [-0.15, -0.1) is 0 Å². The fraction of sp³-hybridized carbons (Fsp3) is 0.250. The summed E-state index contributed by atoms with van der Waals surface area (Å²) in [5.74, 6) is -1.32. The molecule has 156 valence electrons. The number of anilines is 2.